The van der Waals surface area contributed by atoms with Gasteiger partial charge in [0, 0.05) is 19.3 Å². The van der Waals surface area contributed by atoms with Crippen LogP contribution in [0.5, 0.6) is 0 Å². The number of ether oxygens (including phenoxy) is 1. The summed E-state index contributed by atoms with van der Waals surface area (Å²) in [4.78, 5) is 8.80. The Bertz CT molecular complexity index is 298. The number of hydrogen-bond acceptors (Lipinski definition) is 4. The van der Waals surface area contributed by atoms with Gasteiger partial charge in [-0.1, -0.05) is 13.3 Å². The van der Waals surface area contributed by atoms with Crippen LogP contribution in [0.3, 0.4) is 0 Å². The summed E-state index contributed by atoms with van der Waals surface area (Å²) in [7, 11) is 1.91. The minimum atomic E-state index is 0.0341. The third-order valence-electron chi connectivity index (χ3n) is 2.30. The van der Waals surface area contributed by atoms with Crippen LogP contribution in [0.4, 0.5) is 0 Å². The van der Waals surface area contributed by atoms with Gasteiger partial charge in [-0.2, -0.15) is 0 Å². The summed E-state index contributed by atoms with van der Waals surface area (Å²) >= 11 is 0. The molecule has 0 amide bonds. The van der Waals surface area contributed by atoms with E-state index in [0.717, 1.165) is 30.9 Å². The minimum absolute atomic E-state index is 0.0341. The molecule has 0 radical (unpaired) electrons. The Morgan fingerprint density at radius 2 is 2.25 bits per heavy atom. The van der Waals surface area contributed by atoms with Gasteiger partial charge < -0.3 is 10.1 Å². The Morgan fingerprint density at radius 1 is 1.44 bits per heavy atom. The average molecular weight is 223 g/mol. The smallest absolute Gasteiger partial charge is 0.157 e. The summed E-state index contributed by atoms with van der Waals surface area (Å²) in [5.74, 6) is 0.802. The zero-order chi connectivity index (χ0) is 11.8. The van der Waals surface area contributed by atoms with E-state index >= 15 is 0 Å². The van der Waals surface area contributed by atoms with Gasteiger partial charge in [0.05, 0.1) is 5.69 Å². The highest BCUT2D eigenvalue weighted by molar-refractivity contribution is 5.04. The molecule has 1 aromatic heterocycles. The molecule has 4 heteroatoms. The number of rotatable bonds is 7. The molecular formula is C12H21N3O. The van der Waals surface area contributed by atoms with E-state index in [-0.39, 0.29) is 6.10 Å². The van der Waals surface area contributed by atoms with E-state index in [9.17, 15) is 0 Å². The lowest BCUT2D eigenvalue weighted by atomic mass is 10.2. The summed E-state index contributed by atoms with van der Waals surface area (Å²) in [5, 5.41) is 3.08. The molecule has 90 valence electrons. The van der Waals surface area contributed by atoms with Gasteiger partial charge in [-0.05, 0) is 26.5 Å². The van der Waals surface area contributed by atoms with Crippen molar-refractivity contribution >= 4 is 0 Å². The van der Waals surface area contributed by atoms with E-state index in [4.69, 9.17) is 4.74 Å². The fourth-order valence-electron chi connectivity index (χ4n) is 1.60. The van der Waals surface area contributed by atoms with Crippen LogP contribution in [0, 0.1) is 0 Å². The molecule has 0 saturated carbocycles. The molecule has 0 aliphatic rings. The van der Waals surface area contributed by atoms with Crippen LogP contribution in [0.1, 0.15) is 44.3 Å². The van der Waals surface area contributed by atoms with Gasteiger partial charge in [-0.15, -0.1) is 0 Å². The number of nitrogens with one attached hydrogen (secondary N) is 1. The molecule has 0 aliphatic heterocycles. The van der Waals surface area contributed by atoms with Crippen LogP contribution in [0.25, 0.3) is 0 Å². The highest BCUT2D eigenvalue weighted by Gasteiger charge is 2.13. The number of nitrogens with zero attached hydrogens (tertiary/aromatic N) is 2. The van der Waals surface area contributed by atoms with Gasteiger partial charge in [0.1, 0.15) is 6.10 Å². The Kier molecular flexibility index (Phi) is 5.96. The zero-order valence-electron chi connectivity index (χ0n) is 10.4. The standard InChI is InChI=1S/C12H21N3O/c1-4-6-11(16-5-2)12-14-8-7-10(15-12)9-13-3/h7-8,11,13H,4-6,9H2,1-3H3. The first kappa shape index (κ1) is 13.1. The molecule has 0 spiro atoms. The van der Waals surface area contributed by atoms with Gasteiger partial charge >= 0.3 is 0 Å². The molecule has 1 heterocycles. The first-order chi connectivity index (χ1) is 7.81. The van der Waals surface area contributed by atoms with E-state index < -0.39 is 0 Å². The molecule has 0 aromatic carbocycles. The Hall–Kier alpha value is -1.00. The maximum Gasteiger partial charge on any atom is 0.157 e. The van der Waals surface area contributed by atoms with Crippen molar-refractivity contribution < 1.29 is 4.74 Å². The van der Waals surface area contributed by atoms with Crippen molar-refractivity contribution in [3.05, 3.63) is 23.8 Å². The van der Waals surface area contributed by atoms with Crippen LogP contribution in [-0.4, -0.2) is 23.6 Å². The van der Waals surface area contributed by atoms with Gasteiger partial charge in [0.25, 0.3) is 0 Å². The van der Waals surface area contributed by atoms with Crippen LogP contribution in [0.2, 0.25) is 0 Å². The van der Waals surface area contributed by atoms with E-state index in [1.165, 1.54) is 0 Å². The highest BCUT2D eigenvalue weighted by Crippen LogP contribution is 2.18. The summed E-state index contributed by atoms with van der Waals surface area (Å²) in [5.41, 5.74) is 1.01. The third-order valence-corrected chi connectivity index (χ3v) is 2.30. The molecule has 0 fully saturated rings. The van der Waals surface area contributed by atoms with Crippen molar-refractivity contribution in [1.29, 1.82) is 0 Å². The molecule has 4 nitrogen and oxygen atoms in total. The summed E-state index contributed by atoms with van der Waals surface area (Å²) < 4.78 is 5.66. The Balaban J connectivity index is 2.77. The van der Waals surface area contributed by atoms with Crippen molar-refractivity contribution in [2.24, 2.45) is 0 Å². The lowest BCUT2D eigenvalue weighted by Gasteiger charge is -2.15. The topological polar surface area (TPSA) is 47.0 Å². The van der Waals surface area contributed by atoms with E-state index in [2.05, 4.69) is 22.2 Å². The molecule has 1 rings (SSSR count). The average Bonchev–Trinajstić information content (AvgIpc) is 2.30. The highest BCUT2D eigenvalue weighted by atomic mass is 16.5. The van der Waals surface area contributed by atoms with Crippen molar-refractivity contribution in [2.75, 3.05) is 13.7 Å². The lowest BCUT2D eigenvalue weighted by Crippen LogP contribution is -2.13. The maximum atomic E-state index is 5.66. The fraction of sp³-hybridized carbons (Fsp3) is 0.667. The summed E-state index contributed by atoms with van der Waals surface area (Å²) in [6.07, 6.45) is 3.88. The second-order valence-corrected chi connectivity index (χ2v) is 3.67. The van der Waals surface area contributed by atoms with Crippen molar-refractivity contribution in [1.82, 2.24) is 15.3 Å². The molecule has 1 N–H and O–H groups in total. The SMILES string of the molecule is CCCC(OCC)c1nccc(CNC)n1. The van der Waals surface area contributed by atoms with Crippen molar-refractivity contribution in [2.45, 2.75) is 39.3 Å². The maximum absolute atomic E-state index is 5.66. The molecule has 16 heavy (non-hydrogen) atoms. The van der Waals surface area contributed by atoms with Gasteiger partial charge in [-0.3, -0.25) is 0 Å². The third kappa shape index (κ3) is 3.87. The molecule has 1 aromatic rings. The van der Waals surface area contributed by atoms with Crippen molar-refractivity contribution in [3.63, 3.8) is 0 Å². The Morgan fingerprint density at radius 3 is 2.88 bits per heavy atom. The molecular weight excluding hydrogens is 202 g/mol. The normalized spacial score (nSPS) is 12.7. The number of aromatic nitrogens is 2. The summed E-state index contributed by atoms with van der Waals surface area (Å²) in [6, 6.07) is 1.93. The molecule has 1 unspecified atom stereocenters. The zero-order valence-corrected chi connectivity index (χ0v) is 10.4. The van der Waals surface area contributed by atoms with Crippen LogP contribution in [0.15, 0.2) is 12.3 Å². The summed E-state index contributed by atoms with van der Waals surface area (Å²) in [6.45, 7) is 5.61. The molecule has 1 atom stereocenters. The van der Waals surface area contributed by atoms with E-state index in [1.54, 1.807) is 6.20 Å². The van der Waals surface area contributed by atoms with Gasteiger partial charge in [0.2, 0.25) is 0 Å². The number of hydrogen-bond donors (Lipinski definition) is 1. The molecule has 0 bridgehead atoms. The lowest BCUT2D eigenvalue weighted by molar-refractivity contribution is 0.0492. The molecule has 0 saturated heterocycles. The van der Waals surface area contributed by atoms with Crippen molar-refractivity contribution in [3.8, 4) is 0 Å². The predicted octanol–water partition coefficient (Wildman–Crippen LogP) is 2.07. The second-order valence-electron chi connectivity index (χ2n) is 3.67. The first-order valence-corrected chi connectivity index (χ1v) is 5.89. The van der Waals surface area contributed by atoms with Crippen LogP contribution >= 0.6 is 0 Å². The van der Waals surface area contributed by atoms with Gasteiger partial charge in [-0.25, -0.2) is 9.97 Å². The van der Waals surface area contributed by atoms with E-state index in [0.29, 0.717) is 6.61 Å². The first-order valence-electron chi connectivity index (χ1n) is 5.89. The Labute approximate surface area is 97.5 Å². The predicted molar refractivity (Wildman–Crippen MR) is 64.1 cm³/mol. The largest absolute Gasteiger partial charge is 0.371 e. The van der Waals surface area contributed by atoms with E-state index in [1.807, 2.05) is 20.0 Å². The van der Waals surface area contributed by atoms with Crippen LogP contribution < -0.4 is 5.32 Å². The monoisotopic (exact) mass is 223 g/mol. The fourth-order valence-corrected chi connectivity index (χ4v) is 1.60. The van der Waals surface area contributed by atoms with Crippen LogP contribution in [-0.2, 0) is 11.3 Å². The quantitative estimate of drug-likeness (QED) is 0.768. The van der Waals surface area contributed by atoms with Gasteiger partial charge in [0.15, 0.2) is 5.82 Å². The minimum Gasteiger partial charge on any atom is -0.371 e. The second kappa shape index (κ2) is 7.30. The molecule has 0 aliphatic carbocycles.